The Labute approximate surface area is 60.5 Å². The highest BCUT2D eigenvalue weighted by atomic mass is 16.3. The molecule has 2 nitrogen and oxygen atoms in total. The van der Waals surface area contributed by atoms with E-state index >= 15 is 0 Å². The van der Waals surface area contributed by atoms with Crippen LogP contribution in [-0.4, -0.2) is 5.11 Å². The maximum Gasteiger partial charge on any atom is 0.115 e. The van der Waals surface area contributed by atoms with Gasteiger partial charge in [0.2, 0.25) is 0 Å². The second-order valence-electron chi connectivity index (χ2n) is 2.05. The van der Waals surface area contributed by atoms with Gasteiger partial charge >= 0.3 is 0 Å². The summed E-state index contributed by atoms with van der Waals surface area (Å²) in [7, 11) is 3.37. The number of hydrogen-bond acceptors (Lipinski definition) is 1. The molecule has 53 valence electrons. The van der Waals surface area contributed by atoms with E-state index in [2.05, 4.69) is 12.4 Å². The summed E-state index contributed by atoms with van der Waals surface area (Å²) in [4.78, 5) is 0. The fourth-order valence-corrected chi connectivity index (χ4v) is 0.730. The molecule has 2 heteroatoms. The summed E-state index contributed by atoms with van der Waals surface area (Å²) in [5.74, 6) is 0.285. The number of aromatic hydroxyl groups is 1. The predicted octanol–water partition coefficient (Wildman–Crippen LogP) is 1.29. The van der Waals surface area contributed by atoms with E-state index in [0.29, 0.717) is 6.54 Å². The summed E-state index contributed by atoms with van der Waals surface area (Å²) >= 11 is 0. The van der Waals surface area contributed by atoms with Gasteiger partial charge in [0.05, 0.1) is 0 Å². The zero-order valence-electron chi connectivity index (χ0n) is 5.62. The molecule has 0 saturated carbocycles. The smallest absolute Gasteiger partial charge is 0.115 e. The van der Waals surface area contributed by atoms with Crippen LogP contribution in [-0.2, 0) is 6.54 Å². The SMILES string of the molecule is [CH2-][N]Cc1ccc(O)cc1. The third-order valence-electron chi connectivity index (χ3n) is 1.23. The van der Waals surface area contributed by atoms with Crippen molar-refractivity contribution in [2.45, 2.75) is 6.54 Å². The highest BCUT2D eigenvalue weighted by Gasteiger charge is 1.87. The van der Waals surface area contributed by atoms with Crippen molar-refractivity contribution < 1.29 is 5.11 Å². The van der Waals surface area contributed by atoms with E-state index in [0.717, 1.165) is 5.56 Å². The molecule has 1 rings (SSSR count). The molecule has 0 unspecified atom stereocenters. The number of hydrogen-bond donors (Lipinski definition) is 1. The van der Waals surface area contributed by atoms with Crippen LogP contribution in [0.3, 0.4) is 0 Å². The van der Waals surface area contributed by atoms with Crippen LogP contribution in [0.5, 0.6) is 5.75 Å². The van der Waals surface area contributed by atoms with Crippen LogP contribution in [0.2, 0.25) is 0 Å². The van der Waals surface area contributed by atoms with Crippen molar-refractivity contribution in [3.8, 4) is 5.75 Å². The van der Waals surface area contributed by atoms with Gasteiger partial charge in [0.1, 0.15) is 5.75 Å². The van der Waals surface area contributed by atoms with Crippen molar-refractivity contribution in [1.82, 2.24) is 5.32 Å². The molecule has 0 bridgehead atoms. The third kappa shape index (κ3) is 1.74. The quantitative estimate of drug-likeness (QED) is 0.609. The van der Waals surface area contributed by atoms with Crippen LogP contribution >= 0.6 is 0 Å². The Morgan fingerprint density at radius 2 is 1.90 bits per heavy atom. The van der Waals surface area contributed by atoms with Crippen molar-refractivity contribution in [2.24, 2.45) is 0 Å². The van der Waals surface area contributed by atoms with E-state index in [1.54, 1.807) is 12.1 Å². The Morgan fingerprint density at radius 1 is 1.30 bits per heavy atom. The summed E-state index contributed by atoms with van der Waals surface area (Å²) in [6.45, 7) is 0.611. The Kier molecular flexibility index (Phi) is 2.29. The molecule has 1 N–H and O–H groups in total. The molecule has 1 aromatic rings. The summed E-state index contributed by atoms with van der Waals surface area (Å²) in [5, 5.41) is 12.6. The van der Waals surface area contributed by atoms with Crippen molar-refractivity contribution in [1.29, 1.82) is 0 Å². The second kappa shape index (κ2) is 3.22. The highest BCUT2D eigenvalue weighted by Crippen LogP contribution is 2.08. The van der Waals surface area contributed by atoms with E-state index in [4.69, 9.17) is 5.11 Å². The van der Waals surface area contributed by atoms with E-state index in [1.165, 1.54) is 0 Å². The molecular weight excluding hydrogens is 126 g/mol. The minimum absolute atomic E-state index is 0.285. The van der Waals surface area contributed by atoms with E-state index in [9.17, 15) is 0 Å². The van der Waals surface area contributed by atoms with Crippen LogP contribution in [0.1, 0.15) is 5.56 Å². The van der Waals surface area contributed by atoms with Gasteiger partial charge in [-0.1, -0.05) is 12.1 Å². The molecule has 0 aliphatic rings. The normalized spacial score (nSPS) is 9.70. The maximum absolute atomic E-state index is 8.88. The number of phenols is 1. The molecule has 0 amide bonds. The average molecular weight is 135 g/mol. The lowest BCUT2D eigenvalue weighted by atomic mass is 10.2. The lowest BCUT2D eigenvalue weighted by Gasteiger charge is -2.01. The predicted molar refractivity (Wildman–Crippen MR) is 39.3 cm³/mol. The molecule has 1 radical (unpaired) electrons. The zero-order chi connectivity index (χ0) is 7.40. The van der Waals surface area contributed by atoms with E-state index in [1.807, 2.05) is 12.1 Å². The van der Waals surface area contributed by atoms with Gasteiger partial charge in [0.25, 0.3) is 0 Å². The van der Waals surface area contributed by atoms with Gasteiger partial charge in [-0.15, -0.1) is 0 Å². The number of nitrogens with zero attached hydrogens (tertiary/aromatic N) is 1. The van der Waals surface area contributed by atoms with Gasteiger partial charge in [-0.05, 0) is 17.7 Å². The van der Waals surface area contributed by atoms with Gasteiger partial charge in [0.15, 0.2) is 0 Å². The summed E-state index contributed by atoms with van der Waals surface area (Å²) in [5.41, 5.74) is 1.06. The van der Waals surface area contributed by atoms with Gasteiger partial charge in [-0.3, -0.25) is 7.05 Å². The molecule has 1 aromatic carbocycles. The fraction of sp³-hybridized carbons (Fsp3) is 0.125. The Hall–Kier alpha value is -1.02. The standard InChI is InChI=1S/C8H9NO/c1-9-6-7-2-4-8(10)5-3-7/h2-5,10H,1,6H2/q-1. The van der Waals surface area contributed by atoms with Gasteiger partial charge < -0.3 is 10.4 Å². The first-order valence-electron chi connectivity index (χ1n) is 3.03. The minimum Gasteiger partial charge on any atom is -0.508 e. The number of rotatable bonds is 2. The molecule has 0 aliphatic heterocycles. The van der Waals surface area contributed by atoms with Crippen LogP contribution in [0.15, 0.2) is 24.3 Å². The first-order valence-corrected chi connectivity index (χ1v) is 3.03. The summed E-state index contributed by atoms with van der Waals surface area (Å²) in [6.07, 6.45) is 0. The van der Waals surface area contributed by atoms with Crippen LogP contribution in [0, 0.1) is 7.05 Å². The molecule has 0 aromatic heterocycles. The van der Waals surface area contributed by atoms with Crippen LogP contribution in [0.25, 0.3) is 0 Å². The molecule has 0 atom stereocenters. The van der Waals surface area contributed by atoms with Crippen molar-refractivity contribution in [3.63, 3.8) is 0 Å². The van der Waals surface area contributed by atoms with E-state index in [-0.39, 0.29) is 5.75 Å². The first kappa shape index (κ1) is 7.09. The molecule has 0 spiro atoms. The average Bonchev–Trinajstić information content (AvgIpc) is 1.95. The van der Waals surface area contributed by atoms with Crippen molar-refractivity contribution >= 4 is 0 Å². The van der Waals surface area contributed by atoms with Crippen molar-refractivity contribution in [2.75, 3.05) is 0 Å². The molecule has 0 saturated heterocycles. The second-order valence-corrected chi connectivity index (χ2v) is 2.05. The highest BCUT2D eigenvalue weighted by molar-refractivity contribution is 5.25. The topological polar surface area (TPSA) is 34.3 Å². The lowest BCUT2D eigenvalue weighted by molar-refractivity contribution is 0.475. The third-order valence-corrected chi connectivity index (χ3v) is 1.23. The number of phenolic OH excluding ortho intramolecular Hbond substituents is 1. The summed E-state index contributed by atoms with van der Waals surface area (Å²) in [6, 6.07) is 6.93. The first-order chi connectivity index (χ1) is 4.83. The maximum atomic E-state index is 8.88. The molecule has 10 heavy (non-hydrogen) atoms. The van der Waals surface area contributed by atoms with Crippen LogP contribution < -0.4 is 5.32 Å². The monoisotopic (exact) mass is 135 g/mol. The minimum atomic E-state index is 0.285. The molecule has 0 aliphatic carbocycles. The van der Waals surface area contributed by atoms with E-state index < -0.39 is 0 Å². The Bertz CT molecular complexity index is 193. The largest absolute Gasteiger partial charge is 0.508 e. The van der Waals surface area contributed by atoms with Crippen LogP contribution in [0.4, 0.5) is 0 Å². The fourth-order valence-electron chi connectivity index (χ4n) is 0.730. The molecule has 0 fully saturated rings. The Morgan fingerprint density at radius 3 is 2.40 bits per heavy atom. The molecule has 0 heterocycles. The van der Waals surface area contributed by atoms with Gasteiger partial charge in [-0.25, -0.2) is 0 Å². The van der Waals surface area contributed by atoms with Crippen molar-refractivity contribution in [3.05, 3.63) is 36.9 Å². The van der Waals surface area contributed by atoms with Gasteiger partial charge in [0, 0.05) is 6.54 Å². The van der Waals surface area contributed by atoms with Gasteiger partial charge in [-0.2, -0.15) is 0 Å². The lowest BCUT2D eigenvalue weighted by Crippen LogP contribution is -1.92. The number of benzene rings is 1. The summed E-state index contributed by atoms with van der Waals surface area (Å²) < 4.78 is 0. The zero-order valence-corrected chi connectivity index (χ0v) is 5.62. The Balaban J connectivity index is 2.69. The molecular formula is C8H9NO-.